The second kappa shape index (κ2) is 5.01. The first kappa shape index (κ1) is 10.2. The van der Waals surface area contributed by atoms with Gasteiger partial charge in [-0.2, -0.15) is 0 Å². The Labute approximate surface area is 83.4 Å². The van der Waals surface area contributed by atoms with E-state index in [9.17, 15) is 0 Å². The minimum absolute atomic E-state index is 0.528. The maximum Gasteiger partial charge on any atom is 0.146 e. The van der Waals surface area contributed by atoms with Crippen molar-refractivity contribution < 1.29 is 0 Å². The fourth-order valence-corrected chi connectivity index (χ4v) is 2.18. The monoisotopic (exact) mass is 205 g/mol. The summed E-state index contributed by atoms with van der Waals surface area (Å²) in [5.41, 5.74) is 5.43. The number of rotatable bonds is 2. The van der Waals surface area contributed by atoms with Crippen molar-refractivity contribution in [1.82, 2.24) is 9.21 Å². The number of likely N-dealkylation sites (N-methyl/N-ethyl adjacent to an activating group) is 1. The molecule has 0 aliphatic carbocycles. The summed E-state index contributed by atoms with van der Waals surface area (Å²) in [6, 6.07) is 0. The molecular weight excluding hydrogens is 190 g/mol. The summed E-state index contributed by atoms with van der Waals surface area (Å²) in [6.07, 6.45) is 0. The molecule has 0 saturated carbocycles. The Bertz CT molecular complexity index is 155. The molecule has 1 saturated heterocycles. The molecule has 2 N–H and O–H groups in total. The van der Waals surface area contributed by atoms with Crippen molar-refractivity contribution in [1.29, 1.82) is 0 Å². The Balaban J connectivity index is 2.21. The lowest BCUT2D eigenvalue weighted by Crippen LogP contribution is -2.43. The second-order valence-electron chi connectivity index (χ2n) is 2.77. The molecule has 1 rings (SSSR count). The van der Waals surface area contributed by atoms with Crippen molar-refractivity contribution in [3.8, 4) is 0 Å². The van der Waals surface area contributed by atoms with Crippen molar-refractivity contribution in [2.24, 2.45) is 5.73 Å². The first-order valence-corrected chi connectivity index (χ1v) is 5.35. The highest BCUT2D eigenvalue weighted by Crippen LogP contribution is 2.12. The maximum atomic E-state index is 5.43. The van der Waals surface area contributed by atoms with Crippen LogP contribution in [-0.2, 0) is 0 Å². The number of nitrogens with two attached hydrogens (primary N) is 1. The fraction of sp³-hybridized carbons (Fsp3) is 0.857. The van der Waals surface area contributed by atoms with E-state index in [2.05, 4.69) is 16.1 Å². The van der Waals surface area contributed by atoms with Crippen LogP contribution in [0.5, 0.6) is 0 Å². The SMILES string of the molecule is CCN1CCN(SC(N)=S)CC1. The standard InChI is InChI=1S/C7H15N3S2/c1-2-9-3-5-10(6-4-9)12-7(8)11/h2-6H2,1H3,(H2,8,11). The zero-order valence-corrected chi connectivity index (χ0v) is 8.96. The molecule has 0 radical (unpaired) electrons. The minimum atomic E-state index is 0.528. The van der Waals surface area contributed by atoms with Crippen LogP contribution in [0.1, 0.15) is 6.92 Å². The van der Waals surface area contributed by atoms with Crippen LogP contribution >= 0.6 is 24.2 Å². The largest absolute Gasteiger partial charge is 0.384 e. The normalized spacial score (nSPS) is 21.1. The quantitative estimate of drug-likeness (QED) is 0.525. The Morgan fingerprint density at radius 1 is 1.42 bits per heavy atom. The van der Waals surface area contributed by atoms with E-state index >= 15 is 0 Å². The molecule has 0 aromatic carbocycles. The van der Waals surface area contributed by atoms with Gasteiger partial charge in [0.05, 0.1) is 0 Å². The third-order valence-electron chi connectivity index (χ3n) is 2.00. The highest BCUT2D eigenvalue weighted by Gasteiger charge is 2.15. The van der Waals surface area contributed by atoms with Crippen molar-refractivity contribution in [3.63, 3.8) is 0 Å². The van der Waals surface area contributed by atoms with Crippen LogP contribution in [0, 0.1) is 0 Å². The number of thiocarbonyl (C=S) groups is 1. The van der Waals surface area contributed by atoms with Gasteiger partial charge in [0, 0.05) is 26.2 Å². The summed E-state index contributed by atoms with van der Waals surface area (Å²) in [5, 5.41) is 0. The van der Waals surface area contributed by atoms with Gasteiger partial charge in [0.25, 0.3) is 0 Å². The molecule has 12 heavy (non-hydrogen) atoms. The summed E-state index contributed by atoms with van der Waals surface area (Å²) < 4.78 is 2.76. The molecule has 0 spiro atoms. The molecule has 1 heterocycles. The third-order valence-corrected chi connectivity index (χ3v) is 3.02. The highest BCUT2D eigenvalue weighted by molar-refractivity contribution is 8.21. The van der Waals surface area contributed by atoms with E-state index in [1.54, 1.807) is 0 Å². The van der Waals surface area contributed by atoms with Gasteiger partial charge in [-0.1, -0.05) is 19.1 Å². The molecule has 0 atom stereocenters. The molecule has 5 heteroatoms. The van der Waals surface area contributed by atoms with E-state index in [0.717, 1.165) is 32.7 Å². The highest BCUT2D eigenvalue weighted by atomic mass is 32.2. The van der Waals surface area contributed by atoms with Crippen LogP contribution in [-0.4, -0.2) is 46.2 Å². The molecule has 1 aliphatic heterocycles. The van der Waals surface area contributed by atoms with Gasteiger partial charge >= 0.3 is 0 Å². The first-order chi connectivity index (χ1) is 5.72. The summed E-state index contributed by atoms with van der Waals surface area (Å²) >= 11 is 6.32. The zero-order valence-electron chi connectivity index (χ0n) is 7.32. The van der Waals surface area contributed by atoms with E-state index in [-0.39, 0.29) is 0 Å². The van der Waals surface area contributed by atoms with E-state index in [1.807, 2.05) is 0 Å². The molecule has 1 aliphatic rings. The van der Waals surface area contributed by atoms with Gasteiger partial charge in [-0.25, -0.2) is 4.31 Å². The smallest absolute Gasteiger partial charge is 0.146 e. The predicted octanol–water partition coefficient (Wildman–Crippen LogP) is 0.516. The van der Waals surface area contributed by atoms with E-state index in [4.69, 9.17) is 18.0 Å². The zero-order chi connectivity index (χ0) is 8.97. The molecule has 3 nitrogen and oxygen atoms in total. The van der Waals surface area contributed by atoms with E-state index in [0.29, 0.717) is 4.32 Å². The average molecular weight is 205 g/mol. The first-order valence-electron chi connectivity index (χ1n) is 4.17. The van der Waals surface area contributed by atoms with Crippen molar-refractivity contribution in [2.75, 3.05) is 32.7 Å². The minimum Gasteiger partial charge on any atom is -0.384 e. The van der Waals surface area contributed by atoms with Gasteiger partial charge in [-0.15, -0.1) is 0 Å². The summed E-state index contributed by atoms with van der Waals surface area (Å²) in [6.45, 7) is 7.73. The molecule has 0 bridgehead atoms. The molecule has 0 aromatic rings. The average Bonchev–Trinajstić information content (AvgIpc) is 2.05. The molecule has 70 valence electrons. The predicted molar refractivity (Wildman–Crippen MR) is 58.1 cm³/mol. The molecular formula is C7H15N3S2. The van der Waals surface area contributed by atoms with Crippen molar-refractivity contribution >= 4 is 28.5 Å². The number of hydrogen-bond donors (Lipinski definition) is 1. The molecule has 0 unspecified atom stereocenters. The topological polar surface area (TPSA) is 32.5 Å². The summed E-state index contributed by atoms with van der Waals surface area (Å²) in [4.78, 5) is 2.43. The van der Waals surface area contributed by atoms with Gasteiger partial charge in [0.15, 0.2) is 0 Å². The lowest BCUT2D eigenvalue weighted by atomic mass is 10.4. The van der Waals surface area contributed by atoms with Crippen LogP contribution in [0.4, 0.5) is 0 Å². The number of piperazine rings is 1. The Morgan fingerprint density at radius 3 is 2.42 bits per heavy atom. The lowest BCUT2D eigenvalue weighted by Gasteiger charge is -2.32. The van der Waals surface area contributed by atoms with Crippen LogP contribution in [0.15, 0.2) is 0 Å². The third kappa shape index (κ3) is 3.26. The van der Waals surface area contributed by atoms with Crippen molar-refractivity contribution in [2.45, 2.75) is 6.92 Å². The van der Waals surface area contributed by atoms with Crippen LogP contribution in [0.2, 0.25) is 0 Å². The van der Waals surface area contributed by atoms with Gasteiger partial charge in [0.1, 0.15) is 4.32 Å². The number of hydrogen-bond acceptors (Lipinski definition) is 4. The van der Waals surface area contributed by atoms with Gasteiger partial charge in [0.2, 0.25) is 0 Å². The molecule has 1 fully saturated rings. The van der Waals surface area contributed by atoms with Crippen LogP contribution in [0.25, 0.3) is 0 Å². The van der Waals surface area contributed by atoms with E-state index < -0.39 is 0 Å². The Kier molecular flexibility index (Phi) is 4.28. The molecule has 0 amide bonds. The number of nitrogens with zero attached hydrogens (tertiary/aromatic N) is 2. The Morgan fingerprint density at radius 2 is 2.00 bits per heavy atom. The second-order valence-corrected chi connectivity index (χ2v) is 4.61. The maximum absolute atomic E-state index is 5.43. The summed E-state index contributed by atoms with van der Waals surface area (Å²) in [5.74, 6) is 0. The lowest BCUT2D eigenvalue weighted by molar-refractivity contribution is 0.206. The van der Waals surface area contributed by atoms with Gasteiger partial charge in [-0.3, -0.25) is 0 Å². The van der Waals surface area contributed by atoms with Gasteiger partial charge < -0.3 is 10.6 Å². The van der Waals surface area contributed by atoms with Gasteiger partial charge in [-0.05, 0) is 18.5 Å². The van der Waals surface area contributed by atoms with E-state index in [1.165, 1.54) is 11.9 Å². The fourth-order valence-electron chi connectivity index (χ4n) is 1.26. The van der Waals surface area contributed by atoms with Crippen LogP contribution in [0.3, 0.4) is 0 Å². The van der Waals surface area contributed by atoms with Crippen LogP contribution < -0.4 is 5.73 Å². The Hall–Kier alpha value is 0.160. The molecule has 0 aromatic heterocycles. The summed E-state index contributed by atoms with van der Waals surface area (Å²) in [7, 11) is 0. The van der Waals surface area contributed by atoms with Crippen molar-refractivity contribution in [3.05, 3.63) is 0 Å².